The number of hydrogen-bond acceptors (Lipinski definition) is 4. The van der Waals surface area contributed by atoms with Crippen molar-refractivity contribution in [3.63, 3.8) is 0 Å². The summed E-state index contributed by atoms with van der Waals surface area (Å²) >= 11 is 5.94. The van der Waals surface area contributed by atoms with Gasteiger partial charge in [0, 0.05) is 24.3 Å². The van der Waals surface area contributed by atoms with Crippen molar-refractivity contribution >= 4 is 17.6 Å². The quantitative estimate of drug-likeness (QED) is 0.887. The molecule has 112 valence electrons. The van der Waals surface area contributed by atoms with Crippen LogP contribution in [0.3, 0.4) is 0 Å². The first-order valence-electron chi connectivity index (χ1n) is 6.41. The molecule has 1 aromatic carbocycles. The van der Waals surface area contributed by atoms with E-state index in [1.54, 1.807) is 13.0 Å². The lowest BCUT2D eigenvalue weighted by Gasteiger charge is -2.03. The third-order valence-corrected chi connectivity index (χ3v) is 3.27. The minimum atomic E-state index is -0.861. The standard InChI is InChI=1S/C14H14ClFN2O3/c1-8(5-14(19)20)4-13-17-12(18-21-13)6-9-2-3-10(16)7-11(9)15/h2-3,7-8H,4-6H2,1H3,(H,19,20). The molecule has 0 aliphatic rings. The molecule has 1 N–H and O–H groups in total. The fourth-order valence-corrected chi connectivity index (χ4v) is 2.18. The van der Waals surface area contributed by atoms with Crippen LogP contribution in [0.25, 0.3) is 0 Å². The summed E-state index contributed by atoms with van der Waals surface area (Å²) in [6, 6.07) is 4.12. The largest absolute Gasteiger partial charge is 0.481 e. The first-order chi connectivity index (χ1) is 9.94. The van der Waals surface area contributed by atoms with E-state index in [9.17, 15) is 9.18 Å². The molecule has 0 fully saturated rings. The number of aromatic nitrogens is 2. The van der Waals surface area contributed by atoms with Crippen LogP contribution in [0.15, 0.2) is 22.7 Å². The number of rotatable bonds is 6. The maximum atomic E-state index is 13.0. The maximum absolute atomic E-state index is 13.0. The lowest BCUT2D eigenvalue weighted by Crippen LogP contribution is -2.07. The van der Waals surface area contributed by atoms with Gasteiger partial charge in [-0.15, -0.1) is 0 Å². The highest BCUT2D eigenvalue weighted by atomic mass is 35.5. The molecule has 2 rings (SSSR count). The first kappa shape index (κ1) is 15.4. The van der Waals surface area contributed by atoms with Crippen molar-refractivity contribution in [1.29, 1.82) is 0 Å². The van der Waals surface area contributed by atoms with E-state index in [4.69, 9.17) is 21.2 Å². The number of hydrogen-bond donors (Lipinski definition) is 1. The van der Waals surface area contributed by atoms with Crippen molar-refractivity contribution in [1.82, 2.24) is 10.1 Å². The number of carbonyl (C=O) groups is 1. The van der Waals surface area contributed by atoms with Crippen LogP contribution >= 0.6 is 11.6 Å². The predicted octanol–water partition coefficient (Wildman–Crippen LogP) is 3.11. The monoisotopic (exact) mass is 312 g/mol. The Balaban J connectivity index is 2.01. The Morgan fingerprint density at radius 3 is 2.95 bits per heavy atom. The molecule has 2 aromatic rings. The van der Waals surface area contributed by atoms with E-state index in [0.717, 1.165) is 0 Å². The van der Waals surface area contributed by atoms with Gasteiger partial charge in [0.25, 0.3) is 0 Å². The SMILES string of the molecule is CC(CC(=O)O)Cc1nc(Cc2ccc(F)cc2Cl)no1. The molecular formula is C14H14ClFN2O3. The number of halogens is 2. The lowest BCUT2D eigenvalue weighted by atomic mass is 10.0. The van der Waals surface area contributed by atoms with Gasteiger partial charge in [-0.05, 0) is 23.6 Å². The number of benzene rings is 1. The minimum Gasteiger partial charge on any atom is -0.481 e. The molecule has 1 unspecified atom stereocenters. The van der Waals surface area contributed by atoms with Gasteiger partial charge in [0.05, 0.1) is 0 Å². The highest BCUT2D eigenvalue weighted by molar-refractivity contribution is 6.31. The molecule has 0 aliphatic carbocycles. The molecule has 1 heterocycles. The van der Waals surface area contributed by atoms with E-state index in [1.165, 1.54) is 12.1 Å². The minimum absolute atomic E-state index is 0.0432. The van der Waals surface area contributed by atoms with Crippen LogP contribution in [0, 0.1) is 11.7 Å². The second kappa shape index (κ2) is 6.67. The number of nitrogens with zero attached hydrogens (tertiary/aromatic N) is 2. The van der Waals surface area contributed by atoms with E-state index in [2.05, 4.69) is 10.1 Å². The molecule has 0 spiro atoms. The van der Waals surface area contributed by atoms with Crippen LogP contribution in [0.1, 0.15) is 30.6 Å². The van der Waals surface area contributed by atoms with Gasteiger partial charge in [-0.1, -0.05) is 29.7 Å². The molecule has 1 atom stereocenters. The van der Waals surface area contributed by atoms with Crippen LogP contribution < -0.4 is 0 Å². The molecule has 0 radical (unpaired) electrons. The predicted molar refractivity (Wildman–Crippen MR) is 73.6 cm³/mol. The second-order valence-electron chi connectivity index (χ2n) is 4.92. The molecule has 0 saturated carbocycles. The van der Waals surface area contributed by atoms with Gasteiger partial charge in [0.1, 0.15) is 5.82 Å². The van der Waals surface area contributed by atoms with Crippen molar-refractivity contribution in [2.45, 2.75) is 26.2 Å². The Labute approximate surface area is 125 Å². The zero-order valence-electron chi connectivity index (χ0n) is 11.3. The van der Waals surface area contributed by atoms with Gasteiger partial charge >= 0.3 is 5.97 Å². The maximum Gasteiger partial charge on any atom is 0.303 e. The fraction of sp³-hybridized carbons (Fsp3) is 0.357. The van der Waals surface area contributed by atoms with Gasteiger partial charge in [0.2, 0.25) is 5.89 Å². The van der Waals surface area contributed by atoms with Crippen molar-refractivity contribution < 1.29 is 18.8 Å². The summed E-state index contributed by atoms with van der Waals surface area (Å²) in [7, 11) is 0. The van der Waals surface area contributed by atoms with E-state index in [0.29, 0.717) is 35.1 Å². The van der Waals surface area contributed by atoms with Gasteiger partial charge in [-0.2, -0.15) is 4.98 Å². The Morgan fingerprint density at radius 2 is 2.29 bits per heavy atom. The highest BCUT2D eigenvalue weighted by Gasteiger charge is 2.14. The van der Waals surface area contributed by atoms with Crippen LogP contribution in [0.4, 0.5) is 4.39 Å². The molecule has 1 aromatic heterocycles. The number of carboxylic acids is 1. The first-order valence-corrected chi connectivity index (χ1v) is 6.79. The van der Waals surface area contributed by atoms with E-state index in [1.807, 2.05) is 0 Å². The molecule has 7 heteroatoms. The molecule has 21 heavy (non-hydrogen) atoms. The van der Waals surface area contributed by atoms with Crippen molar-refractivity contribution in [3.05, 3.63) is 46.3 Å². The fourth-order valence-electron chi connectivity index (χ4n) is 1.95. The zero-order valence-corrected chi connectivity index (χ0v) is 12.1. The number of aliphatic carboxylic acids is 1. The van der Waals surface area contributed by atoms with Crippen LogP contribution in [-0.4, -0.2) is 21.2 Å². The average Bonchev–Trinajstić information content (AvgIpc) is 2.79. The van der Waals surface area contributed by atoms with Crippen molar-refractivity contribution in [2.75, 3.05) is 0 Å². The molecule has 0 bridgehead atoms. The van der Waals surface area contributed by atoms with E-state index < -0.39 is 11.8 Å². The van der Waals surface area contributed by atoms with Crippen molar-refractivity contribution in [2.24, 2.45) is 5.92 Å². The molecular weight excluding hydrogens is 299 g/mol. The average molecular weight is 313 g/mol. The Morgan fingerprint density at radius 1 is 1.52 bits per heavy atom. The summed E-state index contributed by atoms with van der Waals surface area (Å²) in [5, 5.41) is 12.8. The molecule has 0 saturated heterocycles. The summed E-state index contributed by atoms with van der Waals surface area (Å²) in [5.74, 6) is -0.538. The Hall–Kier alpha value is -1.95. The van der Waals surface area contributed by atoms with Crippen LogP contribution in [0.5, 0.6) is 0 Å². The molecule has 5 nitrogen and oxygen atoms in total. The van der Waals surface area contributed by atoms with Gasteiger partial charge in [-0.25, -0.2) is 4.39 Å². The number of carboxylic acid groups (broad SMARTS) is 1. The molecule has 0 amide bonds. The topological polar surface area (TPSA) is 76.2 Å². The van der Waals surface area contributed by atoms with Gasteiger partial charge < -0.3 is 9.63 Å². The van der Waals surface area contributed by atoms with Gasteiger partial charge in [0.15, 0.2) is 5.82 Å². The van der Waals surface area contributed by atoms with Gasteiger partial charge in [-0.3, -0.25) is 4.79 Å². The third kappa shape index (κ3) is 4.53. The molecule has 0 aliphatic heterocycles. The van der Waals surface area contributed by atoms with Crippen LogP contribution in [-0.2, 0) is 17.6 Å². The smallest absolute Gasteiger partial charge is 0.303 e. The lowest BCUT2D eigenvalue weighted by molar-refractivity contribution is -0.137. The zero-order chi connectivity index (χ0) is 15.4. The third-order valence-electron chi connectivity index (χ3n) is 2.92. The Bertz CT molecular complexity index is 645. The summed E-state index contributed by atoms with van der Waals surface area (Å²) in [6.07, 6.45) is 0.772. The van der Waals surface area contributed by atoms with Crippen LogP contribution in [0.2, 0.25) is 5.02 Å². The van der Waals surface area contributed by atoms with Crippen molar-refractivity contribution in [3.8, 4) is 0 Å². The summed E-state index contributed by atoms with van der Waals surface area (Å²) < 4.78 is 18.0. The summed E-state index contributed by atoms with van der Waals surface area (Å²) in [4.78, 5) is 14.8. The highest BCUT2D eigenvalue weighted by Crippen LogP contribution is 2.20. The Kier molecular flexibility index (Phi) is 4.90. The van der Waals surface area contributed by atoms with E-state index in [-0.39, 0.29) is 12.3 Å². The summed E-state index contributed by atoms with van der Waals surface area (Å²) in [5.41, 5.74) is 0.698. The van der Waals surface area contributed by atoms with E-state index >= 15 is 0 Å². The normalized spacial score (nSPS) is 12.3. The summed E-state index contributed by atoms with van der Waals surface area (Å²) in [6.45, 7) is 1.80. The second-order valence-corrected chi connectivity index (χ2v) is 5.33.